The first kappa shape index (κ1) is 16.9. The lowest BCUT2D eigenvalue weighted by molar-refractivity contribution is -0.139. The molecule has 1 unspecified atom stereocenters. The molecular formula is C19H25FN2O2. The Morgan fingerprint density at radius 3 is 2.79 bits per heavy atom. The normalized spacial score (nSPS) is 21.4. The molecule has 24 heavy (non-hydrogen) atoms. The third-order valence-corrected chi connectivity index (χ3v) is 5.15. The van der Waals surface area contributed by atoms with E-state index in [0.29, 0.717) is 25.3 Å². The lowest BCUT2D eigenvalue weighted by Gasteiger charge is -2.34. The predicted molar refractivity (Wildman–Crippen MR) is 89.8 cm³/mol. The minimum Gasteiger partial charge on any atom is -0.341 e. The van der Waals surface area contributed by atoms with E-state index in [2.05, 4.69) is 0 Å². The van der Waals surface area contributed by atoms with E-state index < -0.39 is 0 Å². The van der Waals surface area contributed by atoms with Gasteiger partial charge in [-0.15, -0.1) is 0 Å². The molecule has 5 heteroatoms. The first-order chi connectivity index (χ1) is 11.6. The number of aryl methyl sites for hydroxylation is 1. The van der Waals surface area contributed by atoms with E-state index in [-0.39, 0.29) is 24.2 Å². The fourth-order valence-corrected chi connectivity index (χ4v) is 3.72. The summed E-state index contributed by atoms with van der Waals surface area (Å²) in [5.41, 5.74) is 0.753. The summed E-state index contributed by atoms with van der Waals surface area (Å²) in [4.78, 5) is 27.7. The predicted octanol–water partition coefficient (Wildman–Crippen LogP) is 2.62. The Kier molecular flexibility index (Phi) is 5.48. The van der Waals surface area contributed by atoms with E-state index in [1.54, 1.807) is 11.0 Å². The van der Waals surface area contributed by atoms with Crippen LogP contribution in [0.2, 0.25) is 0 Å². The maximum Gasteiger partial charge on any atom is 0.242 e. The molecule has 0 spiro atoms. The molecule has 3 rings (SSSR count). The fraction of sp³-hybridized carbons (Fsp3) is 0.579. The molecule has 0 aromatic heterocycles. The van der Waals surface area contributed by atoms with Crippen LogP contribution in [0.3, 0.4) is 0 Å². The summed E-state index contributed by atoms with van der Waals surface area (Å²) < 4.78 is 13.7. The molecule has 0 N–H and O–H groups in total. The van der Waals surface area contributed by atoms with Crippen LogP contribution in [0.25, 0.3) is 0 Å². The Hall–Kier alpha value is -1.91. The van der Waals surface area contributed by atoms with Gasteiger partial charge in [0.25, 0.3) is 0 Å². The van der Waals surface area contributed by atoms with Crippen molar-refractivity contribution in [1.82, 2.24) is 9.80 Å². The van der Waals surface area contributed by atoms with E-state index in [1.807, 2.05) is 17.0 Å². The van der Waals surface area contributed by atoms with Crippen LogP contribution in [0.15, 0.2) is 24.3 Å². The maximum absolute atomic E-state index is 13.7. The number of amides is 2. The molecule has 2 aliphatic rings. The highest BCUT2D eigenvalue weighted by Gasteiger charge is 2.28. The minimum atomic E-state index is -0.145. The highest BCUT2D eigenvalue weighted by atomic mass is 19.1. The monoisotopic (exact) mass is 332 g/mol. The van der Waals surface area contributed by atoms with Crippen molar-refractivity contribution in [3.05, 3.63) is 35.6 Å². The molecule has 2 aliphatic heterocycles. The zero-order valence-electron chi connectivity index (χ0n) is 14.0. The van der Waals surface area contributed by atoms with Gasteiger partial charge in [0.2, 0.25) is 11.8 Å². The van der Waals surface area contributed by atoms with Gasteiger partial charge in [-0.2, -0.15) is 0 Å². The van der Waals surface area contributed by atoms with Gasteiger partial charge in [0, 0.05) is 26.1 Å². The number of hydrogen-bond acceptors (Lipinski definition) is 2. The molecule has 2 heterocycles. The van der Waals surface area contributed by atoms with Crippen LogP contribution in [-0.2, 0) is 16.0 Å². The molecule has 0 saturated carbocycles. The van der Waals surface area contributed by atoms with Gasteiger partial charge in [-0.05, 0) is 49.7 Å². The largest absolute Gasteiger partial charge is 0.341 e. The van der Waals surface area contributed by atoms with Gasteiger partial charge in [-0.25, -0.2) is 4.39 Å². The Balaban J connectivity index is 1.49. The molecule has 2 saturated heterocycles. The topological polar surface area (TPSA) is 40.6 Å². The summed E-state index contributed by atoms with van der Waals surface area (Å²) in [5.74, 6) is 0.419. The van der Waals surface area contributed by atoms with E-state index in [9.17, 15) is 14.0 Å². The van der Waals surface area contributed by atoms with Crippen molar-refractivity contribution in [2.75, 3.05) is 26.2 Å². The van der Waals surface area contributed by atoms with Crippen LogP contribution in [-0.4, -0.2) is 47.8 Å². The number of hydrogen-bond donors (Lipinski definition) is 0. The van der Waals surface area contributed by atoms with Crippen LogP contribution in [0, 0.1) is 11.7 Å². The van der Waals surface area contributed by atoms with Gasteiger partial charge >= 0.3 is 0 Å². The zero-order valence-corrected chi connectivity index (χ0v) is 14.0. The molecule has 1 atom stereocenters. The highest BCUT2D eigenvalue weighted by Crippen LogP contribution is 2.23. The van der Waals surface area contributed by atoms with Crippen molar-refractivity contribution in [3.63, 3.8) is 0 Å². The number of rotatable bonds is 5. The third kappa shape index (κ3) is 4.13. The number of nitrogens with zero attached hydrogens (tertiary/aromatic N) is 2. The molecule has 1 aromatic rings. The average Bonchev–Trinajstić information content (AvgIpc) is 2.99. The molecule has 2 amide bonds. The standard InChI is InChI=1S/C19H25FN2O2/c20-17-7-2-1-6-16(17)10-9-15-5-3-11-21(13-15)19(24)14-22-12-4-8-18(22)23/h1-2,6-7,15H,3-5,8-14H2. The van der Waals surface area contributed by atoms with Crippen LogP contribution in [0.5, 0.6) is 0 Å². The van der Waals surface area contributed by atoms with Gasteiger partial charge in [0.1, 0.15) is 5.82 Å². The number of piperidine rings is 1. The van der Waals surface area contributed by atoms with Gasteiger partial charge in [-0.1, -0.05) is 18.2 Å². The second kappa shape index (κ2) is 7.77. The Morgan fingerprint density at radius 1 is 1.21 bits per heavy atom. The number of carbonyl (C=O) groups is 2. The van der Waals surface area contributed by atoms with Crippen molar-refractivity contribution in [2.24, 2.45) is 5.92 Å². The lowest BCUT2D eigenvalue weighted by atomic mass is 9.91. The summed E-state index contributed by atoms with van der Waals surface area (Å²) in [7, 11) is 0. The van der Waals surface area contributed by atoms with Gasteiger partial charge in [0.15, 0.2) is 0 Å². The average molecular weight is 332 g/mol. The summed E-state index contributed by atoms with van der Waals surface area (Å²) >= 11 is 0. The van der Waals surface area contributed by atoms with Crippen LogP contribution >= 0.6 is 0 Å². The van der Waals surface area contributed by atoms with Gasteiger partial charge < -0.3 is 9.80 Å². The molecule has 2 fully saturated rings. The summed E-state index contributed by atoms with van der Waals surface area (Å²) in [6, 6.07) is 6.90. The third-order valence-electron chi connectivity index (χ3n) is 5.15. The first-order valence-electron chi connectivity index (χ1n) is 8.92. The van der Waals surface area contributed by atoms with Crippen molar-refractivity contribution < 1.29 is 14.0 Å². The molecule has 1 aromatic carbocycles. The Labute approximate surface area is 142 Å². The molecule has 0 radical (unpaired) electrons. The van der Waals surface area contributed by atoms with E-state index in [1.165, 1.54) is 6.07 Å². The smallest absolute Gasteiger partial charge is 0.242 e. The number of likely N-dealkylation sites (tertiary alicyclic amines) is 2. The second-order valence-corrected chi connectivity index (χ2v) is 6.90. The molecule has 0 aliphatic carbocycles. The van der Waals surface area contributed by atoms with E-state index in [0.717, 1.165) is 44.3 Å². The van der Waals surface area contributed by atoms with Gasteiger partial charge in [0.05, 0.1) is 6.54 Å². The quantitative estimate of drug-likeness (QED) is 0.832. The number of carbonyl (C=O) groups excluding carboxylic acids is 2. The van der Waals surface area contributed by atoms with Crippen LogP contribution in [0.1, 0.15) is 37.7 Å². The Bertz CT molecular complexity index is 605. The van der Waals surface area contributed by atoms with E-state index in [4.69, 9.17) is 0 Å². The van der Waals surface area contributed by atoms with Crippen LogP contribution < -0.4 is 0 Å². The highest BCUT2D eigenvalue weighted by molar-refractivity contribution is 5.85. The van der Waals surface area contributed by atoms with Gasteiger partial charge in [-0.3, -0.25) is 9.59 Å². The first-order valence-corrected chi connectivity index (χ1v) is 8.92. The SMILES string of the molecule is O=C1CCCN1CC(=O)N1CCCC(CCc2ccccc2F)C1. The molecule has 130 valence electrons. The van der Waals surface area contributed by atoms with Crippen molar-refractivity contribution >= 4 is 11.8 Å². The zero-order chi connectivity index (χ0) is 16.9. The summed E-state index contributed by atoms with van der Waals surface area (Å²) in [5, 5.41) is 0. The van der Waals surface area contributed by atoms with Crippen molar-refractivity contribution in [3.8, 4) is 0 Å². The number of halogens is 1. The van der Waals surface area contributed by atoms with E-state index >= 15 is 0 Å². The summed E-state index contributed by atoms with van der Waals surface area (Å²) in [6.45, 7) is 2.43. The summed E-state index contributed by atoms with van der Waals surface area (Å²) in [6.07, 6.45) is 5.11. The number of benzene rings is 1. The van der Waals surface area contributed by atoms with Crippen molar-refractivity contribution in [1.29, 1.82) is 0 Å². The fourth-order valence-electron chi connectivity index (χ4n) is 3.72. The Morgan fingerprint density at radius 2 is 2.04 bits per heavy atom. The molecular weight excluding hydrogens is 307 g/mol. The minimum absolute atomic E-state index is 0.0563. The molecule has 0 bridgehead atoms. The molecule has 4 nitrogen and oxygen atoms in total. The maximum atomic E-state index is 13.7. The van der Waals surface area contributed by atoms with Crippen LogP contribution in [0.4, 0.5) is 4.39 Å². The second-order valence-electron chi connectivity index (χ2n) is 6.90. The lowest BCUT2D eigenvalue weighted by Crippen LogP contribution is -2.45. The van der Waals surface area contributed by atoms with Crippen molar-refractivity contribution in [2.45, 2.75) is 38.5 Å².